The normalized spacial score (nSPS) is 13.9. The number of ether oxygens (including phenoxy) is 1. The van der Waals surface area contributed by atoms with E-state index in [1.165, 1.54) is 0 Å². The summed E-state index contributed by atoms with van der Waals surface area (Å²) in [5.74, 6) is 0.868. The van der Waals surface area contributed by atoms with Crippen molar-refractivity contribution in [3.05, 3.63) is 103 Å². The zero-order valence-electron chi connectivity index (χ0n) is 19.7. The van der Waals surface area contributed by atoms with Crippen molar-refractivity contribution in [3.8, 4) is 22.7 Å². The van der Waals surface area contributed by atoms with Gasteiger partial charge >= 0.3 is 0 Å². The van der Waals surface area contributed by atoms with Gasteiger partial charge in [0.05, 0.1) is 24.2 Å². The summed E-state index contributed by atoms with van der Waals surface area (Å²) in [6, 6.07) is 28.1. The number of nitrogens with zero attached hydrogens (tertiary/aromatic N) is 4. The lowest BCUT2D eigenvalue weighted by Gasteiger charge is -2.36. The van der Waals surface area contributed by atoms with Gasteiger partial charge in [0.25, 0.3) is 0 Å². The van der Waals surface area contributed by atoms with E-state index in [4.69, 9.17) is 9.84 Å². The molecule has 0 saturated carbocycles. The summed E-state index contributed by atoms with van der Waals surface area (Å²) < 4.78 is 7.36. The third-order valence-corrected chi connectivity index (χ3v) is 6.23. The van der Waals surface area contributed by atoms with E-state index >= 15 is 0 Å². The summed E-state index contributed by atoms with van der Waals surface area (Å²) in [7, 11) is 1.69. The van der Waals surface area contributed by atoms with Crippen LogP contribution >= 0.6 is 0 Å². The van der Waals surface area contributed by atoms with E-state index in [0.29, 0.717) is 13.1 Å². The Labute approximate surface area is 205 Å². The second-order valence-corrected chi connectivity index (χ2v) is 8.40. The van der Waals surface area contributed by atoms with E-state index in [1.807, 2.05) is 101 Å². The molecule has 1 amide bonds. The fourth-order valence-electron chi connectivity index (χ4n) is 4.37. The highest BCUT2D eigenvalue weighted by Crippen LogP contribution is 2.28. The van der Waals surface area contributed by atoms with Crippen LogP contribution in [0.25, 0.3) is 23.0 Å². The number of carbonyl (C=O) groups is 1. The lowest BCUT2D eigenvalue weighted by Crippen LogP contribution is -2.48. The molecule has 5 rings (SSSR count). The van der Waals surface area contributed by atoms with E-state index in [9.17, 15) is 4.79 Å². The average molecular weight is 465 g/mol. The summed E-state index contributed by atoms with van der Waals surface area (Å²) >= 11 is 0. The molecule has 0 spiro atoms. The van der Waals surface area contributed by atoms with Crippen LogP contribution in [-0.4, -0.2) is 53.9 Å². The standard InChI is InChI=1S/C29H28N4O2/c1-35-27-15-9-8-14-26(27)31-18-20-32(21-19-31)28(34)17-16-24-22-33(25-12-6-3-7-13-25)30-29(24)23-10-4-2-5-11-23/h2-17,22H,18-21H2,1H3/b17-16+. The van der Waals surface area contributed by atoms with Crippen LogP contribution in [0.4, 0.5) is 5.69 Å². The molecular formula is C29H28N4O2. The second-order valence-electron chi connectivity index (χ2n) is 8.40. The maximum atomic E-state index is 13.0. The van der Waals surface area contributed by atoms with E-state index in [0.717, 1.165) is 47.0 Å². The van der Waals surface area contributed by atoms with E-state index in [2.05, 4.69) is 11.0 Å². The molecule has 0 bridgehead atoms. The van der Waals surface area contributed by atoms with Gasteiger partial charge < -0.3 is 14.5 Å². The van der Waals surface area contributed by atoms with Gasteiger partial charge in [0.2, 0.25) is 5.91 Å². The SMILES string of the molecule is COc1ccccc1N1CCN(C(=O)/C=C/c2cn(-c3ccccc3)nc2-c2ccccc2)CC1. The van der Waals surface area contributed by atoms with Crippen LogP contribution in [0.15, 0.2) is 97.2 Å². The Hall–Kier alpha value is -4.32. The second kappa shape index (κ2) is 10.3. The summed E-state index contributed by atoms with van der Waals surface area (Å²) in [6.07, 6.45) is 5.52. The predicted molar refractivity (Wildman–Crippen MR) is 140 cm³/mol. The smallest absolute Gasteiger partial charge is 0.246 e. The van der Waals surface area contributed by atoms with Gasteiger partial charge in [-0.2, -0.15) is 5.10 Å². The molecule has 4 aromatic rings. The highest BCUT2D eigenvalue weighted by atomic mass is 16.5. The first kappa shape index (κ1) is 22.5. The van der Waals surface area contributed by atoms with Crippen LogP contribution in [0.2, 0.25) is 0 Å². The van der Waals surface area contributed by atoms with Crippen molar-refractivity contribution < 1.29 is 9.53 Å². The van der Waals surface area contributed by atoms with Gasteiger partial charge in [-0.1, -0.05) is 60.7 Å². The van der Waals surface area contributed by atoms with Crippen LogP contribution < -0.4 is 9.64 Å². The first-order valence-corrected chi connectivity index (χ1v) is 11.8. The Morgan fingerprint density at radius 1 is 0.857 bits per heavy atom. The quantitative estimate of drug-likeness (QED) is 0.381. The van der Waals surface area contributed by atoms with Crippen LogP contribution in [0, 0.1) is 0 Å². The number of hydrogen-bond acceptors (Lipinski definition) is 4. The molecular weight excluding hydrogens is 436 g/mol. The largest absolute Gasteiger partial charge is 0.495 e. The molecule has 2 heterocycles. The number of methoxy groups -OCH3 is 1. The fraction of sp³-hybridized carbons (Fsp3) is 0.172. The van der Waals surface area contributed by atoms with Crippen LogP contribution in [0.5, 0.6) is 5.75 Å². The molecule has 0 N–H and O–H groups in total. The van der Waals surface area contributed by atoms with Gasteiger partial charge in [0.15, 0.2) is 0 Å². The van der Waals surface area contributed by atoms with Crippen molar-refractivity contribution >= 4 is 17.7 Å². The minimum absolute atomic E-state index is 0.0103. The maximum absolute atomic E-state index is 13.0. The number of para-hydroxylation sites is 3. The number of rotatable bonds is 6. The minimum Gasteiger partial charge on any atom is -0.495 e. The summed E-state index contributed by atoms with van der Waals surface area (Å²) in [5.41, 5.74) is 4.81. The van der Waals surface area contributed by atoms with E-state index < -0.39 is 0 Å². The topological polar surface area (TPSA) is 50.6 Å². The van der Waals surface area contributed by atoms with Crippen LogP contribution in [0.1, 0.15) is 5.56 Å². The molecule has 1 aliphatic rings. The fourth-order valence-corrected chi connectivity index (χ4v) is 4.37. The molecule has 1 fully saturated rings. The number of carbonyl (C=O) groups excluding carboxylic acids is 1. The highest BCUT2D eigenvalue weighted by molar-refractivity contribution is 5.93. The number of piperazine rings is 1. The summed E-state index contributed by atoms with van der Waals surface area (Å²) in [6.45, 7) is 2.86. The lowest BCUT2D eigenvalue weighted by atomic mass is 10.1. The number of anilines is 1. The molecule has 1 saturated heterocycles. The van der Waals surface area contributed by atoms with Gasteiger partial charge in [-0.15, -0.1) is 0 Å². The van der Waals surface area contributed by atoms with Gasteiger partial charge in [-0.3, -0.25) is 4.79 Å². The number of hydrogen-bond donors (Lipinski definition) is 0. The van der Waals surface area contributed by atoms with Crippen molar-refractivity contribution in [2.24, 2.45) is 0 Å². The van der Waals surface area contributed by atoms with Crippen molar-refractivity contribution in [3.63, 3.8) is 0 Å². The molecule has 176 valence electrons. The van der Waals surface area contributed by atoms with Crippen molar-refractivity contribution in [2.75, 3.05) is 38.2 Å². The van der Waals surface area contributed by atoms with Crippen molar-refractivity contribution in [1.29, 1.82) is 0 Å². The molecule has 0 radical (unpaired) electrons. The number of benzene rings is 3. The molecule has 0 unspecified atom stereocenters. The monoisotopic (exact) mass is 464 g/mol. The Morgan fingerprint density at radius 2 is 1.51 bits per heavy atom. The highest BCUT2D eigenvalue weighted by Gasteiger charge is 2.22. The van der Waals surface area contributed by atoms with Crippen LogP contribution in [0.3, 0.4) is 0 Å². The van der Waals surface area contributed by atoms with Gasteiger partial charge in [0.1, 0.15) is 5.75 Å². The zero-order valence-corrected chi connectivity index (χ0v) is 19.7. The first-order valence-electron chi connectivity index (χ1n) is 11.8. The van der Waals surface area contributed by atoms with E-state index in [-0.39, 0.29) is 5.91 Å². The average Bonchev–Trinajstić information content (AvgIpc) is 3.37. The molecule has 6 heteroatoms. The Bertz CT molecular complexity index is 1310. The lowest BCUT2D eigenvalue weighted by molar-refractivity contribution is -0.126. The summed E-state index contributed by atoms with van der Waals surface area (Å²) in [4.78, 5) is 17.2. The van der Waals surface area contributed by atoms with E-state index in [1.54, 1.807) is 13.2 Å². The first-order chi connectivity index (χ1) is 17.2. The Balaban J connectivity index is 1.32. The Morgan fingerprint density at radius 3 is 2.23 bits per heavy atom. The molecule has 6 nitrogen and oxygen atoms in total. The van der Waals surface area contributed by atoms with Crippen LogP contribution in [-0.2, 0) is 4.79 Å². The Kier molecular flexibility index (Phi) is 6.61. The van der Waals surface area contributed by atoms with Gasteiger partial charge in [-0.25, -0.2) is 4.68 Å². The van der Waals surface area contributed by atoms with Gasteiger partial charge in [0, 0.05) is 49.6 Å². The van der Waals surface area contributed by atoms with Crippen molar-refractivity contribution in [1.82, 2.24) is 14.7 Å². The molecule has 1 aromatic heterocycles. The molecule has 0 atom stereocenters. The predicted octanol–water partition coefficient (Wildman–Crippen LogP) is 4.91. The van der Waals surface area contributed by atoms with Gasteiger partial charge in [-0.05, 0) is 30.3 Å². The number of aromatic nitrogens is 2. The summed E-state index contributed by atoms with van der Waals surface area (Å²) in [5, 5.41) is 4.82. The third-order valence-electron chi connectivity index (χ3n) is 6.23. The zero-order chi connectivity index (χ0) is 24.0. The molecule has 1 aliphatic heterocycles. The molecule has 3 aromatic carbocycles. The minimum atomic E-state index is 0.0103. The molecule has 0 aliphatic carbocycles. The number of amides is 1. The van der Waals surface area contributed by atoms with Crippen molar-refractivity contribution in [2.45, 2.75) is 0 Å². The third kappa shape index (κ3) is 4.96. The molecule has 35 heavy (non-hydrogen) atoms. The maximum Gasteiger partial charge on any atom is 0.246 e.